The first-order chi connectivity index (χ1) is 15.1. The summed E-state index contributed by atoms with van der Waals surface area (Å²) in [6.45, 7) is 2.18. The molecule has 0 amide bonds. The molecule has 0 bridgehead atoms. The molecule has 1 aromatic heterocycles. The zero-order valence-electron chi connectivity index (χ0n) is 17.2. The van der Waals surface area contributed by atoms with E-state index < -0.39 is 0 Å². The van der Waals surface area contributed by atoms with Gasteiger partial charge in [-0.05, 0) is 43.2 Å². The monoisotopic (exact) mass is 414 g/mol. The van der Waals surface area contributed by atoms with Crippen LogP contribution in [0.15, 0.2) is 88.1 Å². The van der Waals surface area contributed by atoms with Gasteiger partial charge in [-0.1, -0.05) is 48.5 Å². The van der Waals surface area contributed by atoms with Crippen molar-refractivity contribution in [1.29, 1.82) is 0 Å². The van der Waals surface area contributed by atoms with Gasteiger partial charge in [-0.25, -0.2) is 0 Å². The molecule has 3 aromatic carbocycles. The summed E-state index contributed by atoms with van der Waals surface area (Å²) in [6, 6.07) is 23.7. The number of esters is 1. The molecule has 4 rings (SSSR count). The van der Waals surface area contributed by atoms with E-state index in [0.29, 0.717) is 41.1 Å². The fourth-order valence-corrected chi connectivity index (χ4v) is 3.39. The minimum atomic E-state index is -0.365. The van der Waals surface area contributed by atoms with Crippen LogP contribution in [0.3, 0.4) is 0 Å². The highest BCUT2D eigenvalue weighted by atomic mass is 16.5. The highest BCUT2D eigenvalue weighted by Gasteiger charge is 2.14. The zero-order chi connectivity index (χ0) is 21.6. The van der Waals surface area contributed by atoms with E-state index in [1.807, 2.05) is 60.7 Å². The molecule has 0 unspecified atom stereocenters. The summed E-state index contributed by atoms with van der Waals surface area (Å²) in [4.78, 5) is 25.2. The molecule has 0 atom stereocenters. The van der Waals surface area contributed by atoms with Gasteiger partial charge in [0.05, 0.1) is 17.6 Å². The number of benzene rings is 3. The van der Waals surface area contributed by atoms with E-state index in [1.165, 1.54) is 0 Å². The van der Waals surface area contributed by atoms with E-state index in [0.717, 1.165) is 11.3 Å². The van der Waals surface area contributed by atoms with Crippen LogP contribution in [0.4, 0.5) is 0 Å². The predicted octanol–water partition coefficient (Wildman–Crippen LogP) is 5.53. The van der Waals surface area contributed by atoms with Crippen molar-refractivity contribution in [1.82, 2.24) is 0 Å². The highest BCUT2D eigenvalue weighted by Crippen LogP contribution is 2.26. The van der Waals surface area contributed by atoms with E-state index in [4.69, 9.17) is 13.9 Å². The van der Waals surface area contributed by atoms with Gasteiger partial charge in [0.15, 0.2) is 0 Å². The summed E-state index contributed by atoms with van der Waals surface area (Å²) in [5.41, 5.74) is 1.63. The van der Waals surface area contributed by atoms with E-state index >= 15 is 0 Å². The molecule has 0 N–H and O–H groups in total. The minimum Gasteiger partial charge on any atom is -0.494 e. The van der Waals surface area contributed by atoms with Crippen LogP contribution in [0.25, 0.3) is 22.1 Å². The number of hydrogen-bond acceptors (Lipinski definition) is 5. The summed E-state index contributed by atoms with van der Waals surface area (Å²) >= 11 is 0. The van der Waals surface area contributed by atoms with Crippen LogP contribution < -0.4 is 14.9 Å². The molecule has 5 nitrogen and oxygen atoms in total. The molecule has 31 heavy (non-hydrogen) atoms. The molecule has 156 valence electrons. The van der Waals surface area contributed by atoms with E-state index in [1.54, 1.807) is 25.1 Å². The summed E-state index contributed by atoms with van der Waals surface area (Å²) < 4.78 is 16.9. The van der Waals surface area contributed by atoms with Gasteiger partial charge in [-0.15, -0.1) is 0 Å². The lowest BCUT2D eigenvalue weighted by Gasteiger charge is -2.09. The number of rotatable bonds is 7. The normalized spacial score (nSPS) is 10.7. The van der Waals surface area contributed by atoms with Crippen molar-refractivity contribution in [2.45, 2.75) is 19.8 Å². The molecular formula is C26H22O5. The maximum absolute atomic E-state index is 13.0. The second-order valence-corrected chi connectivity index (χ2v) is 7.13. The average molecular weight is 414 g/mol. The molecule has 0 fully saturated rings. The van der Waals surface area contributed by atoms with E-state index in [-0.39, 0.29) is 17.8 Å². The SMILES string of the molecule is Cc1oc2cc(OC(=O)CCCOc3ccccc3)ccc2c(=O)c1-c1ccccc1. The fourth-order valence-electron chi connectivity index (χ4n) is 3.39. The molecule has 0 aliphatic rings. The topological polar surface area (TPSA) is 65.7 Å². The Bertz CT molecular complexity index is 1240. The third-order valence-electron chi connectivity index (χ3n) is 4.87. The number of carbonyl (C=O) groups is 1. The number of para-hydroxylation sites is 1. The molecule has 0 saturated carbocycles. The van der Waals surface area contributed by atoms with Gasteiger partial charge in [0.1, 0.15) is 22.8 Å². The lowest BCUT2D eigenvalue weighted by atomic mass is 10.0. The van der Waals surface area contributed by atoms with Crippen LogP contribution in [-0.4, -0.2) is 12.6 Å². The first-order valence-corrected chi connectivity index (χ1v) is 10.1. The van der Waals surface area contributed by atoms with Gasteiger partial charge < -0.3 is 13.9 Å². The van der Waals surface area contributed by atoms with Crippen LogP contribution in [0, 0.1) is 6.92 Å². The lowest BCUT2D eigenvalue weighted by Crippen LogP contribution is -2.11. The van der Waals surface area contributed by atoms with Gasteiger partial charge in [-0.2, -0.15) is 0 Å². The van der Waals surface area contributed by atoms with Crippen molar-refractivity contribution in [3.05, 3.63) is 94.8 Å². The molecule has 0 aliphatic carbocycles. The number of fused-ring (bicyclic) bond motifs is 1. The lowest BCUT2D eigenvalue weighted by molar-refractivity contribution is -0.134. The Hall–Kier alpha value is -3.86. The molecule has 5 heteroatoms. The molecule has 1 heterocycles. The quantitative estimate of drug-likeness (QED) is 0.226. The van der Waals surface area contributed by atoms with Crippen LogP contribution in [0.2, 0.25) is 0 Å². The Morgan fingerprint density at radius 3 is 2.35 bits per heavy atom. The Morgan fingerprint density at radius 1 is 0.903 bits per heavy atom. The first kappa shape index (κ1) is 20.4. The molecule has 0 aliphatic heterocycles. The fraction of sp³-hybridized carbons (Fsp3) is 0.154. The van der Waals surface area contributed by atoms with Gasteiger partial charge in [0, 0.05) is 12.5 Å². The first-order valence-electron chi connectivity index (χ1n) is 10.1. The molecule has 0 spiro atoms. The number of hydrogen-bond donors (Lipinski definition) is 0. The molecule has 0 saturated heterocycles. The van der Waals surface area contributed by atoms with Crippen LogP contribution in [0.1, 0.15) is 18.6 Å². The Kier molecular flexibility index (Phi) is 6.13. The maximum Gasteiger partial charge on any atom is 0.311 e. The molecule has 4 aromatic rings. The average Bonchev–Trinajstić information content (AvgIpc) is 2.78. The minimum absolute atomic E-state index is 0.110. The standard InChI is InChI=1S/C26H22O5/c1-18-25(19-9-4-2-5-10-19)26(28)22-15-14-21(17-23(22)30-18)31-24(27)13-8-16-29-20-11-6-3-7-12-20/h2-7,9-12,14-15,17H,8,13,16H2,1H3. The number of carbonyl (C=O) groups excluding carboxylic acids is 1. The zero-order valence-corrected chi connectivity index (χ0v) is 17.2. The van der Waals surface area contributed by atoms with Crippen molar-refractivity contribution in [2.75, 3.05) is 6.61 Å². The third kappa shape index (κ3) is 4.83. The third-order valence-corrected chi connectivity index (χ3v) is 4.87. The summed E-state index contributed by atoms with van der Waals surface area (Å²) in [5.74, 6) is 1.27. The number of aryl methyl sites for hydroxylation is 1. The van der Waals surface area contributed by atoms with Gasteiger partial charge in [0.25, 0.3) is 0 Å². The van der Waals surface area contributed by atoms with Crippen LogP contribution >= 0.6 is 0 Å². The largest absolute Gasteiger partial charge is 0.494 e. The van der Waals surface area contributed by atoms with Crippen molar-refractivity contribution in [3.8, 4) is 22.6 Å². The van der Waals surface area contributed by atoms with Crippen LogP contribution in [0.5, 0.6) is 11.5 Å². The second-order valence-electron chi connectivity index (χ2n) is 7.13. The summed E-state index contributed by atoms with van der Waals surface area (Å²) in [6.07, 6.45) is 0.761. The highest BCUT2D eigenvalue weighted by molar-refractivity contribution is 5.84. The van der Waals surface area contributed by atoms with Crippen LogP contribution in [-0.2, 0) is 4.79 Å². The van der Waals surface area contributed by atoms with Crippen molar-refractivity contribution in [3.63, 3.8) is 0 Å². The summed E-state index contributed by atoms with van der Waals surface area (Å²) in [5, 5.41) is 0.445. The van der Waals surface area contributed by atoms with Crippen molar-refractivity contribution in [2.24, 2.45) is 0 Å². The van der Waals surface area contributed by atoms with Crippen molar-refractivity contribution < 1.29 is 18.7 Å². The maximum atomic E-state index is 13.0. The Labute approximate surface area is 179 Å². The summed E-state index contributed by atoms with van der Waals surface area (Å²) in [7, 11) is 0. The Balaban J connectivity index is 1.43. The molecular weight excluding hydrogens is 392 g/mol. The van der Waals surface area contributed by atoms with Crippen molar-refractivity contribution >= 4 is 16.9 Å². The van der Waals surface area contributed by atoms with E-state index in [9.17, 15) is 9.59 Å². The van der Waals surface area contributed by atoms with Gasteiger partial charge in [-0.3, -0.25) is 9.59 Å². The predicted molar refractivity (Wildman–Crippen MR) is 119 cm³/mol. The smallest absolute Gasteiger partial charge is 0.311 e. The van der Waals surface area contributed by atoms with Gasteiger partial charge in [0.2, 0.25) is 5.43 Å². The molecule has 0 radical (unpaired) electrons. The second kappa shape index (κ2) is 9.30. The van der Waals surface area contributed by atoms with E-state index in [2.05, 4.69) is 0 Å². The Morgan fingerprint density at radius 2 is 1.61 bits per heavy atom. The van der Waals surface area contributed by atoms with Gasteiger partial charge >= 0.3 is 5.97 Å². The number of ether oxygens (including phenoxy) is 2.